The first-order chi connectivity index (χ1) is 9.56. The van der Waals surface area contributed by atoms with Gasteiger partial charge in [-0.25, -0.2) is 0 Å². The number of thiocarbonyl (C=S) groups is 1. The SMILES string of the molecule is CCN(CC)C(=O)Cn1ccc2ccc(C(N)=S)cc21. The fourth-order valence-electron chi connectivity index (χ4n) is 2.30. The number of nitrogens with two attached hydrogens (primary N) is 1. The molecular formula is C15H19N3OS. The first kappa shape index (κ1) is 14.5. The van der Waals surface area contributed by atoms with Crippen LogP contribution in [0.2, 0.25) is 0 Å². The lowest BCUT2D eigenvalue weighted by Gasteiger charge is -2.19. The van der Waals surface area contributed by atoms with Gasteiger partial charge in [-0.1, -0.05) is 24.4 Å². The van der Waals surface area contributed by atoms with Crippen molar-refractivity contribution in [3.8, 4) is 0 Å². The van der Waals surface area contributed by atoms with Gasteiger partial charge in [0, 0.05) is 30.4 Å². The van der Waals surface area contributed by atoms with Gasteiger partial charge in [-0.15, -0.1) is 0 Å². The monoisotopic (exact) mass is 289 g/mol. The highest BCUT2D eigenvalue weighted by Gasteiger charge is 2.12. The van der Waals surface area contributed by atoms with Gasteiger partial charge in [0.2, 0.25) is 5.91 Å². The molecule has 0 aliphatic heterocycles. The molecule has 1 heterocycles. The predicted octanol–water partition coefficient (Wildman–Crippen LogP) is 2.14. The molecule has 0 fully saturated rings. The minimum Gasteiger partial charge on any atom is -0.389 e. The lowest BCUT2D eigenvalue weighted by molar-refractivity contribution is -0.131. The van der Waals surface area contributed by atoms with E-state index in [2.05, 4.69) is 0 Å². The largest absolute Gasteiger partial charge is 0.389 e. The Labute approximate surface area is 124 Å². The van der Waals surface area contributed by atoms with Crippen molar-refractivity contribution in [2.75, 3.05) is 13.1 Å². The van der Waals surface area contributed by atoms with Crippen LogP contribution in [0.3, 0.4) is 0 Å². The van der Waals surface area contributed by atoms with Crippen LogP contribution in [0.1, 0.15) is 19.4 Å². The number of benzene rings is 1. The number of rotatable bonds is 5. The molecule has 0 saturated carbocycles. The Morgan fingerprint density at radius 3 is 2.60 bits per heavy atom. The minimum atomic E-state index is 0.119. The summed E-state index contributed by atoms with van der Waals surface area (Å²) in [5.41, 5.74) is 7.47. The number of fused-ring (bicyclic) bond motifs is 1. The van der Waals surface area contributed by atoms with Crippen molar-refractivity contribution in [3.05, 3.63) is 36.0 Å². The van der Waals surface area contributed by atoms with E-state index >= 15 is 0 Å². The average Bonchev–Trinajstić information content (AvgIpc) is 2.82. The Bertz CT molecular complexity index is 644. The summed E-state index contributed by atoms with van der Waals surface area (Å²) in [6, 6.07) is 7.81. The number of hydrogen-bond donors (Lipinski definition) is 1. The number of aromatic nitrogens is 1. The molecule has 106 valence electrons. The van der Waals surface area contributed by atoms with E-state index in [1.807, 2.05) is 53.8 Å². The molecule has 0 unspecified atom stereocenters. The summed E-state index contributed by atoms with van der Waals surface area (Å²) in [4.78, 5) is 14.4. The summed E-state index contributed by atoms with van der Waals surface area (Å²) in [7, 11) is 0. The van der Waals surface area contributed by atoms with Crippen molar-refractivity contribution >= 4 is 34.0 Å². The van der Waals surface area contributed by atoms with Crippen LogP contribution in [0.5, 0.6) is 0 Å². The van der Waals surface area contributed by atoms with E-state index in [4.69, 9.17) is 18.0 Å². The second-order valence-corrected chi connectivity index (χ2v) is 5.09. The molecule has 0 aliphatic carbocycles. The van der Waals surface area contributed by atoms with Crippen LogP contribution >= 0.6 is 12.2 Å². The number of likely N-dealkylation sites (N-methyl/N-ethyl adjacent to an activating group) is 1. The van der Waals surface area contributed by atoms with E-state index < -0.39 is 0 Å². The molecular weight excluding hydrogens is 270 g/mol. The highest BCUT2D eigenvalue weighted by molar-refractivity contribution is 7.80. The van der Waals surface area contributed by atoms with Crippen molar-refractivity contribution in [3.63, 3.8) is 0 Å². The van der Waals surface area contributed by atoms with Gasteiger partial charge >= 0.3 is 0 Å². The molecule has 2 aromatic rings. The fraction of sp³-hybridized carbons (Fsp3) is 0.333. The predicted molar refractivity (Wildman–Crippen MR) is 85.8 cm³/mol. The molecule has 0 bridgehead atoms. The van der Waals surface area contributed by atoms with Crippen molar-refractivity contribution in [1.29, 1.82) is 0 Å². The topological polar surface area (TPSA) is 51.3 Å². The molecule has 0 spiro atoms. The summed E-state index contributed by atoms with van der Waals surface area (Å²) in [5.74, 6) is 0.119. The van der Waals surface area contributed by atoms with E-state index in [1.54, 1.807) is 0 Å². The first-order valence-corrected chi connectivity index (χ1v) is 7.14. The van der Waals surface area contributed by atoms with E-state index in [9.17, 15) is 4.79 Å². The maximum atomic E-state index is 12.2. The highest BCUT2D eigenvalue weighted by Crippen LogP contribution is 2.18. The summed E-state index contributed by atoms with van der Waals surface area (Å²) in [5, 5.41) is 1.08. The third kappa shape index (κ3) is 2.82. The second kappa shape index (κ2) is 6.05. The van der Waals surface area contributed by atoms with E-state index in [-0.39, 0.29) is 5.91 Å². The first-order valence-electron chi connectivity index (χ1n) is 6.73. The zero-order valence-electron chi connectivity index (χ0n) is 11.8. The minimum absolute atomic E-state index is 0.119. The molecule has 0 saturated heterocycles. The van der Waals surface area contributed by atoms with Gasteiger partial charge in [-0.05, 0) is 31.4 Å². The van der Waals surface area contributed by atoms with E-state index in [0.717, 1.165) is 29.6 Å². The van der Waals surface area contributed by atoms with Crippen molar-refractivity contribution in [2.45, 2.75) is 20.4 Å². The summed E-state index contributed by atoms with van der Waals surface area (Å²) in [6.07, 6.45) is 1.93. The van der Waals surface area contributed by atoms with Crippen LogP contribution in [-0.2, 0) is 11.3 Å². The van der Waals surface area contributed by atoms with Crippen LogP contribution in [0.15, 0.2) is 30.5 Å². The zero-order chi connectivity index (χ0) is 14.7. The van der Waals surface area contributed by atoms with Gasteiger partial charge in [-0.3, -0.25) is 4.79 Å². The summed E-state index contributed by atoms with van der Waals surface area (Å²) < 4.78 is 1.94. The number of carbonyl (C=O) groups excluding carboxylic acids is 1. The van der Waals surface area contributed by atoms with Crippen molar-refractivity contribution < 1.29 is 4.79 Å². The lowest BCUT2D eigenvalue weighted by atomic mass is 10.1. The molecule has 0 atom stereocenters. The molecule has 0 aliphatic rings. The van der Waals surface area contributed by atoms with Crippen molar-refractivity contribution in [2.24, 2.45) is 5.73 Å². The Morgan fingerprint density at radius 2 is 2.00 bits per heavy atom. The highest BCUT2D eigenvalue weighted by atomic mass is 32.1. The quantitative estimate of drug-likeness (QED) is 0.858. The molecule has 5 heteroatoms. The second-order valence-electron chi connectivity index (χ2n) is 4.65. The summed E-state index contributed by atoms with van der Waals surface area (Å²) in [6.45, 7) is 5.77. The van der Waals surface area contributed by atoms with Gasteiger partial charge in [0.15, 0.2) is 0 Å². The third-order valence-corrected chi connectivity index (χ3v) is 3.72. The van der Waals surface area contributed by atoms with E-state index in [0.29, 0.717) is 11.5 Å². The maximum Gasteiger partial charge on any atom is 0.242 e. The van der Waals surface area contributed by atoms with Crippen LogP contribution in [-0.4, -0.2) is 33.5 Å². The van der Waals surface area contributed by atoms with Crippen LogP contribution in [0, 0.1) is 0 Å². The average molecular weight is 289 g/mol. The van der Waals surface area contributed by atoms with Crippen LogP contribution in [0.4, 0.5) is 0 Å². The fourth-order valence-corrected chi connectivity index (χ4v) is 2.42. The maximum absolute atomic E-state index is 12.2. The molecule has 2 rings (SSSR count). The standard InChI is InChI=1S/C15H19N3OS/c1-3-17(4-2)14(19)10-18-8-7-11-5-6-12(15(16)20)9-13(11)18/h5-9H,3-4,10H2,1-2H3,(H2,16,20). The van der Waals surface area contributed by atoms with Gasteiger partial charge in [-0.2, -0.15) is 0 Å². The molecule has 1 amide bonds. The van der Waals surface area contributed by atoms with Gasteiger partial charge < -0.3 is 15.2 Å². The Hall–Kier alpha value is -1.88. The molecule has 1 aromatic carbocycles. The zero-order valence-corrected chi connectivity index (χ0v) is 12.6. The Balaban J connectivity index is 2.32. The third-order valence-electron chi connectivity index (χ3n) is 3.48. The van der Waals surface area contributed by atoms with Gasteiger partial charge in [0.25, 0.3) is 0 Å². The smallest absolute Gasteiger partial charge is 0.242 e. The van der Waals surface area contributed by atoms with Crippen LogP contribution < -0.4 is 5.73 Å². The summed E-state index contributed by atoms with van der Waals surface area (Å²) >= 11 is 5.00. The van der Waals surface area contributed by atoms with Crippen molar-refractivity contribution in [1.82, 2.24) is 9.47 Å². The number of nitrogens with zero attached hydrogens (tertiary/aromatic N) is 2. The lowest BCUT2D eigenvalue weighted by Crippen LogP contribution is -2.33. The number of hydrogen-bond acceptors (Lipinski definition) is 2. The normalized spacial score (nSPS) is 10.7. The van der Waals surface area contributed by atoms with Crippen LogP contribution in [0.25, 0.3) is 10.9 Å². The molecule has 2 N–H and O–H groups in total. The van der Waals surface area contributed by atoms with Gasteiger partial charge in [0.1, 0.15) is 11.5 Å². The number of carbonyl (C=O) groups is 1. The Morgan fingerprint density at radius 1 is 1.30 bits per heavy atom. The molecule has 0 radical (unpaired) electrons. The molecule has 20 heavy (non-hydrogen) atoms. The van der Waals surface area contributed by atoms with E-state index in [1.165, 1.54) is 0 Å². The Kier molecular flexibility index (Phi) is 4.39. The molecule has 1 aromatic heterocycles. The van der Waals surface area contributed by atoms with Gasteiger partial charge in [0.05, 0.1) is 0 Å². The number of amides is 1. The molecule has 4 nitrogen and oxygen atoms in total.